The number of benzene rings is 2. The number of ether oxygens (including phenoxy) is 2. The first-order chi connectivity index (χ1) is 13.0. The smallest absolute Gasteiger partial charge is 0.142 e. The van der Waals surface area contributed by atoms with Gasteiger partial charge >= 0.3 is 0 Å². The topological polar surface area (TPSA) is 81.2 Å². The molecule has 2 N–H and O–H groups in total. The highest BCUT2D eigenvalue weighted by Crippen LogP contribution is 2.39. The van der Waals surface area contributed by atoms with E-state index in [1.807, 2.05) is 0 Å². The quantitative estimate of drug-likeness (QED) is 0.652. The number of rotatable bonds is 4. The maximum Gasteiger partial charge on any atom is 0.142 e. The molecule has 0 amide bonds. The van der Waals surface area contributed by atoms with Gasteiger partial charge in [-0.25, -0.2) is 4.98 Å². The minimum absolute atomic E-state index is 0.0980. The molecule has 0 unspecified atom stereocenters. The van der Waals surface area contributed by atoms with Crippen LogP contribution in [-0.4, -0.2) is 19.2 Å². The molecule has 3 aromatic rings. The molecule has 0 aliphatic rings. The predicted molar refractivity (Wildman–Crippen MR) is 107 cm³/mol. The Bertz CT molecular complexity index is 1060. The van der Waals surface area contributed by atoms with Crippen LogP contribution in [0.1, 0.15) is 5.56 Å². The number of methoxy groups -OCH3 is 2. The Morgan fingerprint density at radius 3 is 2.37 bits per heavy atom. The van der Waals surface area contributed by atoms with Gasteiger partial charge in [-0.05, 0) is 42.5 Å². The fourth-order valence-electron chi connectivity index (χ4n) is 2.75. The zero-order chi connectivity index (χ0) is 19.6. The summed E-state index contributed by atoms with van der Waals surface area (Å²) in [4.78, 5) is 4.34. The van der Waals surface area contributed by atoms with Crippen molar-refractivity contribution in [1.29, 1.82) is 5.26 Å². The molecule has 0 saturated carbocycles. The van der Waals surface area contributed by atoms with Crippen LogP contribution in [0.15, 0.2) is 42.5 Å². The maximum absolute atomic E-state index is 9.62. The molecule has 0 spiro atoms. The van der Waals surface area contributed by atoms with Crippen LogP contribution in [-0.2, 0) is 0 Å². The molecular weight excluding hydrogens is 385 g/mol. The Hall–Kier alpha value is -2.94. The second-order valence-electron chi connectivity index (χ2n) is 5.62. The Kier molecular flexibility index (Phi) is 5.41. The number of nitrogen functional groups attached to an aromatic ring is 1. The van der Waals surface area contributed by atoms with Gasteiger partial charge in [0.1, 0.15) is 28.9 Å². The SMILES string of the molecule is COc1ccc(OC)c(-c2cc(-c3ccc(Cl)cc3Cl)nc(N)c2C#N)c1. The van der Waals surface area contributed by atoms with Gasteiger partial charge in [0.2, 0.25) is 0 Å². The van der Waals surface area contributed by atoms with Crippen molar-refractivity contribution < 1.29 is 9.47 Å². The molecule has 7 heteroatoms. The summed E-state index contributed by atoms with van der Waals surface area (Å²) in [5, 5.41) is 10.6. The molecule has 0 atom stereocenters. The van der Waals surface area contributed by atoms with E-state index in [9.17, 15) is 5.26 Å². The average Bonchev–Trinajstić information content (AvgIpc) is 2.66. The summed E-state index contributed by atoms with van der Waals surface area (Å²) in [6.07, 6.45) is 0. The van der Waals surface area contributed by atoms with Crippen molar-refractivity contribution in [2.24, 2.45) is 0 Å². The number of halogens is 2. The van der Waals surface area contributed by atoms with Crippen molar-refractivity contribution in [3.05, 3.63) is 58.1 Å². The van der Waals surface area contributed by atoms with E-state index < -0.39 is 0 Å². The highest BCUT2D eigenvalue weighted by Gasteiger charge is 2.18. The number of nitrogens with two attached hydrogens (primary N) is 1. The van der Waals surface area contributed by atoms with E-state index in [1.54, 1.807) is 56.7 Å². The molecule has 2 aromatic carbocycles. The third kappa shape index (κ3) is 3.63. The summed E-state index contributed by atoms with van der Waals surface area (Å²) < 4.78 is 10.8. The number of anilines is 1. The molecule has 136 valence electrons. The molecule has 0 radical (unpaired) electrons. The first-order valence-electron chi connectivity index (χ1n) is 7.87. The van der Waals surface area contributed by atoms with Crippen LogP contribution in [0.4, 0.5) is 5.82 Å². The molecule has 1 heterocycles. The number of aromatic nitrogens is 1. The number of nitrogens with zero attached hydrogens (tertiary/aromatic N) is 2. The molecule has 0 bridgehead atoms. The molecule has 27 heavy (non-hydrogen) atoms. The van der Waals surface area contributed by atoms with Gasteiger partial charge in [0, 0.05) is 21.7 Å². The van der Waals surface area contributed by atoms with E-state index in [0.29, 0.717) is 43.9 Å². The Balaban J connectivity index is 2.30. The van der Waals surface area contributed by atoms with Gasteiger partial charge in [0.05, 0.1) is 24.9 Å². The zero-order valence-electron chi connectivity index (χ0n) is 14.6. The largest absolute Gasteiger partial charge is 0.497 e. The Morgan fingerprint density at radius 1 is 0.963 bits per heavy atom. The van der Waals surface area contributed by atoms with Gasteiger partial charge in [-0.2, -0.15) is 5.26 Å². The number of pyridine rings is 1. The molecule has 0 aliphatic carbocycles. The van der Waals surface area contributed by atoms with Crippen LogP contribution in [0.2, 0.25) is 10.0 Å². The molecule has 0 aliphatic heterocycles. The second-order valence-corrected chi connectivity index (χ2v) is 6.46. The van der Waals surface area contributed by atoms with Crippen molar-refractivity contribution in [2.45, 2.75) is 0 Å². The minimum Gasteiger partial charge on any atom is -0.497 e. The van der Waals surface area contributed by atoms with E-state index in [2.05, 4.69) is 11.1 Å². The third-order valence-electron chi connectivity index (χ3n) is 4.06. The fraction of sp³-hybridized carbons (Fsp3) is 0.100. The number of hydrogen-bond donors (Lipinski definition) is 1. The molecule has 0 saturated heterocycles. The molecule has 1 aromatic heterocycles. The Labute approximate surface area is 166 Å². The lowest BCUT2D eigenvalue weighted by molar-refractivity contribution is 0.404. The maximum atomic E-state index is 9.62. The molecule has 5 nitrogen and oxygen atoms in total. The van der Waals surface area contributed by atoms with Crippen LogP contribution in [0.25, 0.3) is 22.4 Å². The lowest BCUT2D eigenvalue weighted by Crippen LogP contribution is -2.01. The summed E-state index contributed by atoms with van der Waals surface area (Å²) in [5.74, 6) is 1.29. The summed E-state index contributed by atoms with van der Waals surface area (Å²) in [6.45, 7) is 0. The fourth-order valence-corrected chi connectivity index (χ4v) is 3.26. The van der Waals surface area contributed by atoms with Gasteiger partial charge in [-0.1, -0.05) is 23.2 Å². The summed E-state index contributed by atoms with van der Waals surface area (Å²) in [5.41, 5.74) is 8.73. The highest BCUT2D eigenvalue weighted by atomic mass is 35.5. The summed E-state index contributed by atoms with van der Waals surface area (Å²) in [6, 6.07) is 14.3. The van der Waals surface area contributed by atoms with Crippen molar-refractivity contribution in [3.8, 4) is 40.0 Å². The minimum atomic E-state index is 0.0980. The molecular formula is C20H15Cl2N3O2. The highest BCUT2D eigenvalue weighted by molar-refractivity contribution is 6.36. The van der Waals surface area contributed by atoms with E-state index >= 15 is 0 Å². The normalized spacial score (nSPS) is 10.3. The summed E-state index contributed by atoms with van der Waals surface area (Å²) in [7, 11) is 3.12. The molecule has 3 rings (SSSR count). The third-order valence-corrected chi connectivity index (χ3v) is 4.61. The van der Waals surface area contributed by atoms with E-state index in [0.717, 1.165) is 0 Å². The van der Waals surface area contributed by atoms with Crippen molar-refractivity contribution in [3.63, 3.8) is 0 Å². The summed E-state index contributed by atoms with van der Waals surface area (Å²) >= 11 is 12.3. The predicted octanol–water partition coefficient (Wildman–Crippen LogP) is 5.19. The van der Waals surface area contributed by atoms with Crippen molar-refractivity contribution in [2.75, 3.05) is 20.0 Å². The first-order valence-corrected chi connectivity index (χ1v) is 8.62. The van der Waals surface area contributed by atoms with Gasteiger partial charge in [0.25, 0.3) is 0 Å². The standard InChI is InChI=1S/C20H15Cl2N3O2/c1-26-12-4-6-19(27-2)15(8-12)14-9-18(25-20(24)16(14)10-23)13-5-3-11(21)7-17(13)22/h3-9H,1-2H3,(H2,24,25). The van der Waals surface area contributed by atoms with Crippen LogP contribution >= 0.6 is 23.2 Å². The van der Waals surface area contributed by atoms with Gasteiger partial charge in [0.15, 0.2) is 0 Å². The van der Waals surface area contributed by atoms with Crippen molar-refractivity contribution in [1.82, 2.24) is 4.98 Å². The van der Waals surface area contributed by atoms with Gasteiger partial charge < -0.3 is 15.2 Å². The van der Waals surface area contributed by atoms with Gasteiger partial charge in [-0.15, -0.1) is 0 Å². The lowest BCUT2D eigenvalue weighted by atomic mass is 9.97. The van der Waals surface area contributed by atoms with E-state index in [4.69, 9.17) is 38.4 Å². The second kappa shape index (κ2) is 7.75. The van der Waals surface area contributed by atoms with Gasteiger partial charge in [-0.3, -0.25) is 0 Å². The number of nitriles is 1. The van der Waals surface area contributed by atoms with Crippen molar-refractivity contribution >= 4 is 29.0 Å². The number of hydrogen-bond acceptors (Lipinski definition) is 5. The van der Waals surface area contributed by atoms with E-state index in [1.165, 1.54) is 0 Å². The zero-order valence-corrected chi connectivity index (χ0v) is 16.1. The molecule has 0 fully saturated rings. The van der Waals surface area contributed by atoms with Crippen LogP contribution in [0.5, 0.6) is 11.5 Å². The van der Waals surface area contributed by atoms with E-state index in [-0.39, 0.29) is 11.4 Å². The average molecular weight is 400 g/mol. The van der Waals surface area contributed by atoms with Crippen LogP contribution < -0.4 is 15.2 Å². The first kappa shape index (κ1) is 18.8. The Morgan fingerprint density at radius 2 is 1.74 bits per heavy atom. The van der Waals surface area contributed by atoms with Crippen LogP contribution in [0, 0.1) is 11.3 Å². The monoisotopic (exact) mass is 399 g/mol. The lowest BCUT2D eigenvalue weighted by Gasteiger charge is -2.15. The van der Waals surface area contributed by atoms with Crippen LogP contribution in [0.3, 0.4) is 0 Å².